The molecule has 142 valence electrons. The van der Waals surface area contributed by atoms with Crippen molar-refractivity contribution in [2.45, 2.75) is 26.1 Å². The van der Waals surface area contributed by atoms with Crippen LogP contribution in [0.3, 0.4) is 0 Å². The molecule has 0 aliphatic heterocycles. The van der Waals surface area contributed by atoms with E-state index < -0.39 is 0 Å². The van der Waals surface area contributed by atoms with Crippen molar-refractivity contribution in [2.24, 2.45) is 4.99 Å². The smallest absolute Gasteiger partial charge is 0.191 e. The largest absolute Gasteiger partial charge is 0.489 e. The van der Waals surface area contributed by atoms with Gasteiger partial charge in [0.1, 0.15) is 12.4 Å². The van der Waals surface area contributed by atoms with Gasteiger partial charge in [-0.25, -0.2) is 0 Å². The Balaban J connectivity index is 0.00000338. The molecule has 0 amide bonds. The van der Waals surface area contributed by atoms with E-state index in [2.05, 4.69) is 46.8 Å². The van der Waals surface area contributed by atoms with Crippen LogP contribution in [0.2, 0.25) is 0 Å². The normalized spacial score (nSPS) is 12.0. The molecule has 0 saturated heterocycles. The van der Waals surface area contributed by atoms with Gasteiger partial charge >= 0.3 is 0 Å². The van der Waals surface area contributed by atoms with Crippen molar-refractivity contribution < 1.29 is 9.47 Å². The Bertz CT molecular complexity index is 648. The van der Waals surface area contributed by atoms with Crippen LogP contribution in [-0.4, -0.2) is 32.8 Å². The lowest BCUT2D eigenvalue weighted by atomic mass is 10.2. The third-order valence-electron chi connectivity index (χ3n) is 3.66. The number of nitrogens with zero attached hydrogens (tertiary/aromatic N) is 1. The quantitative estimate of drug-likeness (QED) is 0.353. The predicted molar refractivity (Wildman–Crippen MR) is 117 cm³/mol. The van der Waals surface area contributed by atoms with Gasteiger partial charge in [-0.3, -0.25) is 4.99 Å². The Hall–Kier alpha value is -1.80. The van der Waals surface area contributed by atoms with E-state index >= 15 is 0 Å². The highest BCUT2D eigenvalue weighted by molar-refractivity contribution is 14.0. The first-order chi connectivity index (χ1) is 12.2. The number of halogens is 1. The standard InChI is InChI=1S/C20H27N3O2.HI/c1-16(14-24-3)23-20(21-2)22-13-17-9-11-19(12-10-17)25-15-18-7-5-4-6-8-18;/h4-12,16H,13-15H2,1-3H3,(H2,21,22,23);1H. The number of methoxy groups -OCH3 is 1. The molecule has 0 bridgehead atoms. The minimum atomic E-state index is 0. The highest BCUT2D eigenvalue weighted by Crippen LogP contribution is 2.14. The maximum atomic E-state index is 5.80. The molecule has 1 atom stereocenters. The van der Waals surface area contributed by atoms with E-state index in [9.17, 15) is 0 Å². The zero-order chi connectivity index (χ0) is 17.9. The minimum Gasteiger partial charge on any atom is -0.489 e. The lowest BCUT2D eigenvalue weighted by Gasteiger charge is -2.17. The van der Waals surface area contributed by atoms with Gasteiger partial charge in [0.15, 0.2) is 5.96 Å². The minimum absolute atomic E-state index is 0. The maximum absolute atomic E-state index is 5.80. The second kappa shape index (κ2) is 12.5. The highest BCUT2D eigenvalue weighted by Gasteiger charge is 2.04. The third-order valence-corrected chi connectivity index (χ3v) is 3.66. The molecule has 2 aromatic rings. The van der Waals surface area contributed by atoms with E-state index in [1.807, 2.05) is 30.3 Å². The first-order valence-corrected chi connectivity index (χ1v) is 8.43. The number of aliphatic imine (C=N–C) groups is 1. The maximum Gasteiger partial charge on any atom is 0.191 e. The van der Waals surface area contributed by atoms with Crippen molar-refractivity contribution in [2.75, 3.05) is 20.8 Å². The van der Waals surface area contributed by atoms with Crippen molar-refractivity contribution in [3.8, 4) is 5.75 Å². The summed E-state index contributed by atoms with van der Waals surface area (Å²) in [4.78, 5) is 4.22. The summed E-state index contributed by atoms with van der Waals surface area (Å²) in [6, 6.07) is 18.4. The molecule has 0 fully saturated rings. The van der Waals surface area contributed by atoms with Crippen molar-refractivity contribution >= 4 is 29.9 Å². The van der Waals surface area contributed by atoms with Crippen molar-refractivity contribution in [1.82, 2.24) is 10.6 Å². The fourth-order valence-electron chi connectivity index (χ4n) is 2.35. The molecule has 1 unspecified atom stereocenters. The summed E-state index contributed by atoms with van der Waals surface area (Å²) in [5, 5.41) is 6.57. The highest BCUT2D eigenvalue weighted by atomic mass is 127. The lowest BCUT2D eigenvalue weighted by Crippen LogP contribution is -2.43. The molecule has 0 heterocycles. The van der Waals surface area contributed by atoms with Gasteiger partial charge in [-0.05, 0) is 30.2 Å². The van der Waals surface area contributed by atoms with Crippen LogP contribution >= 0.6 is 24.0 Å². The second-order valence-corrected chi connectivity index (χ2v) is 5.84. The zero-order valence-electron chi connectivity index (χ0n) is 15.6. The number of hydrogen-bond donors (Lipinski definition) is 2. The molecule has 0 radical (unpaired) electrons. The molecule has 0 saturated carbocycles. The molecular weight excluding hydrogens is 441 g/mol. The first kappa shape index (κ1) is 22.2. The van der Waals surface area contributed by atoms with E-state index in [0.717, 1.165) is 22.8 Å². The van der Waals surface area contributed by atoms with Gasteiger partial charge in [0.2, 0.25) is 0 Å². The average Bonchev–Trinajstić information content (AvgIpc) is 2.65. The van der Waals surface area contributed by atoms with E-state index in [0.29, 0.717) is 19.8 Å². The molecule has 0 aliphatic rings. The van der Waals surface area contributed by atoms with Gasteiger partial charge in [-0.1, -0.05) is 42.5 Å². The molecule has 0 spiro atoms. The Kier molecular flexibility index (Phi) is 10.7. The van der Waals surface area contributed by atoms with Crippen LogP contribution in [0.4, 0.5) is 0 Å². The second-order valence-electron chi connectivity index (χ2n) is 5.84. The first-order valence-electron chi connectivity index (χ1n) is 8.43. The third kappa shape index (κ3) is 8.05. The summed E-state index contributed by atoms with van der Waals surface area (Å²) >= 11 is 0. The summed E-state index contributed by atoms with van der Waals surface area (Å²) in [5.41, 5.74) is 2.32. The molecule has 5 nitrogen and oxygen atoms in total. The van der Waals surface area contributed by atoms with Crippen LogP contribution in [0.25, 0.3) is 0 Å². The number of rotatable bonds is 8. The summed E-state index contributed by atoms with van der Waals surface area (Å²) in [5.74, 6) is 1.62. The van der Waals surface area contributed by atoms with Gasteiger partial charge in [0, 0.05) is 26.7 Å². The number of nitrogens with one attached hydrogen (secondary N) is 2. The van der Waals surface area contributed by atoms with Crippen LogP contribution in [-0.2, 0) is 17.9 Å². The number of ether oxygens (including phenoxy) is 2. The van der Waals surface area contributed by atoms with Gasteiger partial charge in [-0.15, -0.1) is 24.0 Å². The topological polar surface area (TPSA) is 54.9 Å². The Morgan fingerprint density at radius 1 is 1.04 bits per heavy atom. The van der Waals surface area contributed by atoms with Crippen LogP contribution in [0.15, 0.2) is 59.6 Å². The SMILES string of the molecule is CN=C(NCc1ccc(OCc2ccccc2)cc1)NC(C)COC.I. The van der Waals surface area contributed by atoms with Crippen LogP contribution in [0, 0.1) is 0 Å². The molecule has 0 aliphatic carbocycles. The van der Waals surface area contributed by atoms with E-state index in [1.165, 1.54) is 0 Å². The van der Waals surface area contributed by atoms with E-state index in [1.54, 1.807) is 14.2 Å². The van der Waals surface area contributed by atoms with Crippen molar-refractivity contribution in [1.29, 1.82) is 0 Å². The fourth-order valence-corrected chi connectivity index (χ4v) is 2.35. The fraction of sp³-hybridized carbons (Fsp3) is 0.350. The summed E-state index contributed by atoms with van der Waals surface area (Å²) in [6.45, 7) is 3.95. The molecule has 26 heavy (non-hydrogen) atoms. The summed E-state index contributed by atoms with van der Waals surface area (Å²) in [7, 11) is 3.45. The number of hydrogen-bond acceptors (Lipinski definition) is 3. The molecule has 2 rings (SSSR count). The van der Waals surface area contributed by atoms with Crippen molar-refractivity contribution in [3.63, 3.8) is 0 Å². The molecular formula is C20H28IN3O2. The van der Waals surface area contributed by atoms with E-state index in [-0.39, 0.29) is 30.0 Å². The Labute approximate surface area is 173 Å². The number of benzene rings is 2. The monoisotopic (exact) mass is 469 g/mol. The van der Waals surface area contributed by atoms with Gasteiger partial charge < -0.3 is 20.1 Å². The molecule has 0 aromatic heterocycles. The number of guanidine groups is 1. The predicted octanol–water partition coefficient (Wildman–Crippen LogP) is 3.58. The molecule has 2 aromatic carbocycles. The average molecular weight is 469 g/mol. The van der Waals surface area contributed by atoms with Gasteiger partial charge in [0.05, 0.1) is 6.61 Å². The van der Waals surface area contributed by atoms with Gasteiger partial charge in [0.25, 0.3) is 0 Å². The Morgan fingerprint density at radius 2 is 1.73 bits per heavy atom. The summed E-state index contributed by atoms with van der Waals surface area (Å²) in [6.07, 6.45) is 0. The summed E-state index contributed by atoms with van der Waals surface area (Å²) < 4.78 is 10.9. The van der Waals surface area contributed by atoms with Gasteiger partial charge in [-0.2, -0.15) is 0 Å². The Morgan fingerprint density at radius 3 is 2.35 bits per heavy atom. The van der Waals surface area contributed by atoms with Crippen LogP contribution in [0.5, 0.6) is 5.75 Å². The molecule has 2 N–H and O–H groups in total. The lowest BCUT2D eigenvalue weighted by molar-refractivity contribution is 0.179. The van der Waals surface area contributed by atoms with Crippen LogP contribution < -0.4 is 15.4 Å². The van der Waals surface area contributed by atoms with Crippen molar-refractivity contribution in [3.05, 3.63) is 65.7 Å². The molecule has 6 heteroatoms. The zero-order valence-corrected chi connectivity index (χ0v) is 17.9. The van der Waals surface area contributed by atoms with E-state index in [4.69, 9.17) is 9.47 Å². The van der Waals surface area contributed by atoms with Crippen LogP contribution in [0.1, 0.15) is 18.1 Å².